The molecule has 248 valence electrons. The fourth-order valence-electron chi connectivity index (χ4n) is 8.13. The van der Waals surface area contributed by atoms with Gasteiger partial charge in [0.25, 0.3) is 0 Å². The average Bonchev–Trinajstić information content (AvgIpc) is 3.91. The number of hydrogen-bond acceptors (Lipinski definition) is 3. The van der Waals surface area contributed by atoms with Crippen LogP contribution in [0.2, 0.25) is 0 Å². The highest BCUT2D eigenvalue weighted by Crippen LogP contribution is 2.48. The van der Waals surface area contributed by atoms with Crippen LogP contribution in [0.1, 0.15) is 0 Å². The first-order chi connectivity index (χ1) is 26.3. The van der Waals surface area contributed by atoms with E-state index in [2.05, 4.69) is 170 Å². The van der Waals surface area contributed by atoms with E-state index in [0.717, 1.165) is 94.6 Å². The second-order valence-corrected chi connectivity index (χ2v) is 13.3. The monoisotopic (exact) mass is 678 g/mol. The van der Waals surface area contributed by atoms with Gasteiger partial charge in [0.2, 0.25) is 0 Å². The van der Waals surface area contributed by atoms with Gasteiger partial charge in [0.15, 0.2) is 0 Å². The molecule has 0 fully saturated rings. The van der Waals surface area contributed by atoms with Crippen molar-refractivity contribution in [2.24, 2.45) is 0 Å². The van der Waals surface area contributed by atoms with E-state index < -0.39 is 0 Å². The molecule has 0 N–H and O–H groups in total. The molecule has 0 amide bonds. The molecule has 0 aliphatic carbocycles. The first-order valence-electron chi connectivity index (χ1n) is 17.8. The van der Waals surface area contributed by atoms with Gasteiger partial charge >= 0.3 is 0 Å². The van der Waals surface area contributed by atoms with Gasteiger partial charge in [0.1, 0.15) is 17.2 Å². The second-order valence-electron chi connectivity index (χ2n) is 13.3. The Kier molecular flexibility index (Phi) is 6.45. The first-order valence-corrected chi connectivity index (χ1v) is 17.8. The number of hydrogen-bond donors (Lipinski definition) is 0. The summed E-state index contributed by atoms with van der Waals surface area (Å²) in [4.78, 5) is 15.7. The van der Waals surface area contributed by atoms with Crippen molar-refractivity contribution in [3.63, 3.8) is 0 Å². The van der Waals surface area contributed by atoms with E-state index in [1.165, 1.54) is 0 Å². The molecule has 0 spiro atoms. The molecule has 6 aromatic carbocycles. The van der Waals surface area contributed by atoms with Gasteiger partial charge in [-0.2, -0.15) is 0 Å². The summed E-state index contributed by atoms with van der Waals surface area (Å²) in [5.74, 6) is 1.69. The number of rotatable bonds is 5. The van der Waals surface area contributed by atoms with E-state index in [9.17, 15) is 0 Å². The van der Waals surface area contributed by atoms with Crippen LogP contribution in [0.25, 0.3) is 94.6 Å². The molecule has 5 heterocycles. The highest BCUT2D eigenvalue weighted by atomic mass is 15.1. The Morgan fingerprint density at radius 3 is 1.66 bits per heavy atom. The molecular formula is C47H30N6. The van der Waals surface area contributed by atoms with Crippen LogP contribution < -0.4 is 0 Å². The highest BCUT2D eigenvalue weighted by molar-refractivity contribution is 6.36. The number of fused-ring (bicyclic) bond motifs is 10. The zero-order chi connectivity index (χ0) is 34.9. The maximum Gasteiger partial charge on any atom is 0.145 e. The number of aromatic nitrogens is 6. The highest BCUT2D eigenvalue weighted by Gasteiger charge is 2.29. The number of nitrogens with zero attached hydrogens (tertiary/aromatic N) is 6. The summed E-state index contributed by atoms with van der Waals surface area (Å²) >= 11 is 0. The van der Waals surface area contributed by atoms with Gasteiger partial charge in [-0.1, -0.05) is 115 Å². The van der Waals surface area contributed by atoms with E-state index in [1.54, 1.807) is 0 Å². The number of benzene rings is 6. The minimum atomic E-state index is 0.810. The molecule has 53 heavy (non-hydrogen) atoms. The van der Waals surface area contributed by atoms with E-state index in [4.69, 9.17) is 9.97 Å². The summed E-state index contributed by atoms with van der Waals surface area (Å²) < 4.78 is 7.10. The number of imidazole rings is 1. The van der Waals surface area contributed by atoms with Crippen molar-refractivity contribution in [2.45, 2.75) is 0 Å². The van der Waals surface area contributed by atoms with Crippen molar-refractivity contribution >= 4 is 54.6 Å². The van der Waals surface area contributed by atoms with Crippen LogP contribution in [0.15, 0.2) is 182 Å². The van der Waals surface area contributed by atoms with Crippen LogP contribution in [-0.4, -0.2) is 28.7 Å². The van der Waals surface area contributed by atoms with Crippen molar-refractivity contribution in [2.75, 3.05) is 0 Å². The largest absolute Gasteiger partial charge is 0.308 e. The Morgan fingerprint density at radius 1 is 0.377 bits per heavy atom. The van der Waals surface area contributed by atoms with Gasteiger partial charge in [-0.05, 0) is 60.7 Å². The van der Waals surface area contributed by atoms with Crippen LogP contribution in [-0.2, 0) is 0 Å². The number of pyridine rings is 2. The van der Waals surface area contributed by atoms with Crippen molar-refractivity contribution in [3.05, 3.63) is 182 Å². The quantitative estimate of drug-likeness (QED) is 0.182. The Morgan fingerprint density at radius 2 is 0.962 bits per heavy atom. The Bertz CT molecular complexity index is 3140. The maximum atomic E-state index is 5.67. The molecule has 5 aromatic heterocycles. The van der Waals surface area contributed by atoms with Crippen LogP contribution in [0.5, 0.6) is 0 Å². The lowest BCUT2D eigenvalue weighted by Gasteiger charge is -2.14. The SMILES string of the molecule is c1ccc(-c2nc3c4c5ccccc5n(-c5ccccc5)c4c4c5ccccc5n(-c5cccc(-c6ccccn6)n5)c4c3n2-c2ccccc2)cc1. The van der Waals surface area contributed by atoms with Gasteiger partial charge in [0, 0.05) is 44.7 Å². The van der Waals surface area contributed by atoms with E-state index in [1.807, 2.05) is 30.5 Å². The maximum absolute atomic E-state index is 5.67. The molecule has 0 saturated heterocycles. The van der Waals surface area contributed by atoms with Gasteiger partial charge in [-0.15, -0.1) is 0 Å². The predicted octanol–water partition coefficient (Wildman–Crippen LogP) is 11.3. The van der Waals surface area contributed by atoms with E-state index >= 15 is 0 Å². The van der Waals surface area contributed by atoms with Gasteiger partial charge in [-0.25, -0.2) is 9.97 Å². The Labute approximate surface area is 304 Å². The van der Waals surface area contributed by atoms with Gasteiger partial charge in [0.05, 0.1) is 39.0 Å². The molecule has 0 aliphatic heterocycles. The van der Waals surface area contributed by atoms with Crippen molar-refractivity contribution in [1.29, 1.82) is 0 Å². The fourth-order valence-corrected chi connectivity index (χ4v) is 8.13. The molecule has 6 heteroatoms. The molecule has 0 aliphatic rings. The molecule has 0 radical (unpaired) electrons. The van der Waals surface area contributed by atoms with Crippen molar-refractivity contribution in [3.8, 4) is 40.0 Å². The lowest BCUT2D eigenvalue weighted by atomic mass is 10.1. The summed E-state index contributed by atoms with van der Waals surface area (Å²) in [5, 5.41) is 4.56. The Balaban J connectivity index is 1.44. The van der Waals surface area contributed by atoms with Gasteiger partial charge < -0.3 is 4.57 Å². The molecule has 6 nitrogen and oxygen atoms in total. The average molecular weight is 679 g/mol. The summed E-state index contributed by atoms with van der Waals surface area (Å²) in [6.07, 6.45) is 1.82. The van der Waals surface area contributed by atoms with Crippen molar-refractivity contribution in [1.82, 2.24) is 28.7 Å². The molecule has 11 aromatic rings. The minimum absolute atomic E-state index is 0.810. The summed E-state index contributed by atoms with van der Waals surface area (Å²) in [7, 11) is 0. The normalized spacial score (nSPS) is 11.8. The lowest BCUT2D eigenvalue weighted by molar-refractivity contribution is 1.06. The zero-order valence-corrected chi connectivity index (χ0v) is 28.5. The summed E-state index contributed by atoms with van der Waals surface area (Å²) in [6, 6.07) is 61.4. The lowest BCUT2D eigenvalue weighted by Crippen LogP contribution is -2.03. The third kappa shape index (κ3) is 4.36. The van der Waals surface area contributed by atoms with E-state index in [-0.39, 0.29) is 0 Å². The topological polar surface area (TPSA) is 53.5 Å². The van der Waals surface area contributed by atoms with Crippen LogP contribution in [0.4, 0.5) is 0 Å². The van der Waals surface area contributed by atoms with Gasteiger partial charge in [-0.3, -0.25) is 14.1 Å². The van der Waals surface area contributed by atoms with Crippen LogP contribution in [0, 0.1) is 0 Å². The third-order valence-electron chi connectivity index (χ3n) is 10.3. The smallest absolute Gasteiger partial charge is 0.145 e. The standard InChI is InChI=1S/C47H30N6/c1-4-17-31(18-5-1)47-50-43-41-34-23-10-12-27-38(34)51(32-19-6-2-7-20-32)44(41)42-35-24-11-13-28-39(35)53(45(42)46(43)52(47)33-21-8-3-9-22-33)40-29-16-26-37(49-40)36-25-14-15-30-48-36/h1-30H. The fraction of sp³-hybridized carbons (Fsp3) is 0. The molecular weight excluding hydrogens is 649 g/mol. The molecule has 0 unspecified atom stereocenters. The van der Waals surface area contributed by atoms with Crippen molar-refractivity contribution < 1.29 is 0 Å². The summed E-state index contributed by atoms with van der Waals surface area (Å²) in [6.45, 7) is 0. The predicted molar refractivity (Wildman–Crippen MR) is 216 cm³/mol. The first kappa shape index (κ1) is 29.4. The van der Waals surface area contributed by atoms with Crippen LogP contribution in [0.3, 0.4) is 0 Å². The number of para-hydroxylation sites is 4. The minimum Gasteiger partial charge on any atom is -0.308 e. The third-order valence-corrected chi connectivity index (χ3v) is 10.3. The Hall–Kier alpha value is -7.31. The second kappa shape index (κ2) is 11.6. The van der Waals surface area contributed by atoms with E-state index in [0.29, 0.717) is 0 Å². The summed E-state index contributed by atoms with van der Waals surface area (Å²) in [5.41, 5.74) is 11.1. The zero-order valence-electron chi connectivity index (χ0n) is 28.5. The molecule has 11 rings (SSSR count). The molecule has 0 bridgehead atoms. The molecule has 0 saturated carbocycles. The molecule has 0 atom stereocenters. The van der Waals surface area contributed by atoms with Crippen LogP contribution >= 0.6 is 0 Å².